The van der Waals surface area contributed by atoms with E-state index in [2.05, 4.69) is 16.0 Å². The molecule has 0 saturated carbocycles. The monoisotopic (exact) mass is 341 g/mol. The Kier molecular flexibility index (Phi) is 8.61. The summed E-state index contributed by atoms with van der Waals surface area (Å²) in [7, 11) is 0. The maximum absolute atomic E-state index is 11.9. The second-order valence-corrected chi connectivity index (χ2v) is 5.26. The lowest BCUT2D eigenvalue weighted by atomic mass is 10.1. The SMILES string of the molecule is CCNC(=O)c1ccc(CNC(=O)CC2COCCN2)cc1.Cl. The Bertz CT molecular complexity index is 502. The van der Waals surface area contributed by atoms with Gasteiger partial charge in [0.05, 0.1) is 13.2 Å². The van der Waals surface area contributed by atoms with E-state index in [0.29, 0.717) is 38.3 Å². The van der Waals surface area contributed by atoms with Crippen molar-refractivity contribution in [2.75, 3.05) is 26.3 Å². The minimum absolute atomic E-state index is 0. The molecule has 2 rings (SSSR count). The predicted molar refractivity (Wildman–Crippen MR) is 90.8 cm³/mol. The Hall–Kier alpha value is -1.63. The normalized spacial score (nSPS) is 17.0. The van der Waals surface area contributed by atoms with Crippen LogP contribution in [0.4, 0.5) is 0 Å². The molecule has 1 unspecified atom stereocenters. The Balaban J connectivity index is 0.00000264. The third kappa shape index (κ3) is 6.56. The molecule has 128 valence electrons. The fourth-order valence-corrected chi connectivity index (χ4v) is 2.28. The largest absolute Gasteiger partial charge is 0.378 e. The van der Waals surface area contributed by atoms with E-state index in [1.165, 1.54) is 0 Å². The smallest absolute Gasteiger partial charge is 0.251 e. The van der Waals surface area contributed by atoms with E-state index in [4.69, 9.17) is 4.74 Å². The van der Waals surface area contributed by atoms with Gasteiger partial charge >= 0.3 is 0 Å². The lowest BCUT2D eigenvalue weighted by Gasteiger charge is -2.23. The van der Waals surface area contributed by atoms with Gasteiger partial charge in [0.1, 0.15) is 0 Å². The molecule has 2 amide bonds. The van der Waals surface area contributed by atoms with Crippen molar-refractivity contribution < 1.29 is 14.3 Å². The number of carbonyl (C=O) groups is 2. The van der Waals surface area contributed by atoms with Crippen LogP contribution in [0.25, 0.3) is 0 Å². The van der Waals surface area contributed by atoms with Gasteiger partial charge in [-0.05, 0) is 24.6 Å². The number of nitrogens with one attached hydrogen (secondary N) is 3. The fourth-order valence-electron chi connectivity index (χ4n) is 2.28. The minimum atomic E-state index is -0.0820. The van der Waals surface area contributed by atoms with Crippen LogP contribution in [0.1, 0.15) is 29.3 Å². The predicted octanol–water partition coefficient (Wildman–Crippen LogP) is 0.853. The highest BCUT2D eigenvalue weighted by Crippen LogP contribution is 2.05. The standard InChI is InChI=1S/C16H23N3O3.ClH/c1-2-17-16(21)13-5-3-12(4-6-13)10-19-15(20)9-14-11-22-8-7-18-14;/h3-6,14,18H,2,7-11H2,1H3,(H,17,21)(H,19,20);1H. The van der Waals surface area contributed by atoms with Crippen LogP contribution in [0.15, 0.2) is 24.3 Å². The number of amides is 2. The van der Waals surface area contributed by atoms with E-state index >= 15 is 0 Å². The summed E-state index contributed by atoms with van der Waals surface area (Å²) in [5.41, 5.74) is 1.59. The van der Waals surface area contributed by atoms with Crippen molar-refractivity contribution in [3.8, 4) is 0 Å². The van der Waals surface area contributed by atoms with Crippen LogP contribution in [-0.4, -0.2) is 44.2 Å². The number of carbonyl (C=O) groups excluding carboxylic acids is 2. The first-order valence-corrected chi connectivity index (χ1v) is 7.64. The molecule has 1 aromatic rings. The molecule has 0 radical (unpaired) electrons. The molecule has 7 heteroatoms. The Morgan fingerprint density at radius 1 is 1.26 bits per heavy atom. The molecule has 0 spiro atoms. The number of rotatable bonds is 6. The summed E-state index contributed by atoms with van der Waals surface area (Å²) in [6.07, 6.45) is 0.414. The molecular formula is C16H24ClN3O3. The first-order valence-electron chi connectivity index (χ1n) is 7.64. The molecule has 1 saturated heterocycles. The van der Waals surface area contributed by atoms with Gasteiger partial charge in [-0.1, -0.05) is 12.1 Å². The summed E-state index contributed by atoms with van der Waals surface area (Å²) in [5.74, 6) is -0.0859. The van der Waals surface area contributed by atoms with E-state index in [0.717, 1.165) is 12.1 Å². The zero-order chi connectivity index (χ0) is 15.8. The highest BCUT2D eigenvalue weighted by molar-refractivity contribution is 5.94. The second kappa shape index (κ2) is 10.2. The van der Waals surface area contributed by atoms with Gasteiger partial charge in [0, 0.05) is 37.7 Å². The molecule has 1 aliphatic rings. The maximum Gasteiger partial charge on any atom is 0.251 e. The molecule has 1 heterocycles. The van der Waals surface area contributed by atoms with Gasteiger partial charge in [-0.25, -0.2) is 0 Å². The Morgan fingerprint density at radius 3 is 2.61 bits per heavy atom. The van der Waals surface area contributed by atoms with Crippen LogP contribution in [0.2, 0.25) is 0 Å². The molecule has 0 aliphatic carbocycles. The van der Waals surface area contributed by atoms with Gasteiger partial charge in [-0.3, -0.25) is 9.59 Å². The average Bonchev–Trinajstić information content (AvgIpc) is 2.54. The zero-order valence-corrected chi connectivity index (χ0v) is 14.1. The average molecular weight is 342 g/mol. The van der Waals surface area contributed by atoms with E-state index < -0.39 is 0 Å². The number of hydrogen-bond donors (Lipinski definition) is 3. The summed E-state index contributed by atoms with van der Waals surface area (Å²) in [6.45, 7) is 5.02. The van der Waals surface area contributed by atoms with E-state index in [1.807, 2.05) is 19.1 Å². The minimum Gasteiger partial charge on any atom is -0.378 e. The van der Waals surface area contributed by atoms with Gasteiger partial charge < -0.3 is 20.7 Å². The van der Waals surface area contributed by atoms with E-state index in [1.54, 1.807) is 12.1 Å². The van der Waals surface area contributed by atoms with Crippen molar-refractivity contribution in [2.45, 2.75) is 25.9 Å². The van der Waals surface area contributed by atoms with Gasteiger partial charge in [0.15, 0.2) is 0 Å². The maximum atomic E-state index is 11.9. The number of hydrogen-bond acceptors (Lipinski definition) is 4. The summed E-state index contributed by atoms with van der Waals surface area (Å²) in [5, 5.41) is 8.88. The summed E-state index contributed by atoms with van der Waals surface area (Å²) >= 11 is 0. The topological polar surface area (TPSA) is 79.5 Å². The third-order valence-corrected chi connectivity index (χ3v) is 3.47. The zero-order valence-electron chi connectivity index (χ0n) is 13.3. The molecule has 3 N–H and O–H groups in total. The third-order valence-electron chi connectivity index (χ3n) is 3.47. The molecule has 1 aromatic carbocycles. The number of morpholine rings is 1. The number of halogens is 1. The molecule has 0 aromatic heterocycles. The van der Waals surface area contributed by atoms with Crippen molar-refractivity contribution >= 4 is 24.2 Å². The van der Waals surface area contributed by atoms with Gasteiger partial charge in [0.25, 0.3) is 5.91 Å². The van der Waals surface area contributed by atoms with Crippen LogP contribution in [-0.2, 0) is 16.1 Å². The summed E-state index contributed by atoms with van der Waals surface area (Å²) in [6, 6.07) is 7.33. The number of benzene rings is 1. The van der Waals surface area contributed by atoms with Crippen LogP contribution in [0.3, 0.4) is 0 Å². The van der Waals surface area contributed by atoms with Gasteiger partial charge in [0.2, 0.25) is 5.91 Å². The lowest BCUT2D eigenvalue weighted by Crippen LogP contribution is -2.44. The Morgan fingerprint density at radius 2 is 2.00 bits per heavy atom. The van der Waals surface area contributed by atoms with Crippen molar-refractivity contribution in [2.24, 2.45) is 0 Å². The number of ether oxygens (including phenoxy) is 1. The van der Waals surface area contributed by atoms with E-state index in [-0.39, 0.29) is 30.3 Å². The molecule has 6 nitrogen and oxygen atoms in total. The molecule has 1 fully saturated rings. The van der Waals surface area contributed by atoms with Crippen molar-refractivity contribution in [1.29, 1.82) is 0 Å². The van der Waals surface area contributed by atoms with Gasteiger partial charge in [-0.15, -0.1) is 12.4 Å². The van der Waals surface area contributed by atoms with Crippen molar-refractivity contribution in [1.82, 2.24) is 16.0 Å². The molecule has 0 bridgehead atoms. The first kappa shape index (κ1) is 19.4. The summed E-state index contributed by atoms with van der Waals surface area (Å²) in [4.78, 5) is 23.5. The molecule has 23 heavy (non-hydrogen) atoms. The summed E-state index contributed by atoms with van der Waals surface area (Å²) < 4.78 is 5.32. The first-order chi connectivity index (χ1) is 10.7. The van der Waals surface area contributed by atoms with Crippen molar-refractivity contribution in [3.63, 3.8) is 0 Å². The van der Waals surface area contributed by atoms with Crippen molar-refractivity contribution in [3.05, 3.63) is 35.4 Å². The second-order valence-electron chi connectivity index (χ2n) is 5.26. The fraction of sp³-hybridized carbons (Fsp3) is 0.500. The lowest BCUT2D eigenvalue weighted by molar-refractivity contribution is -0.122. The highest BCUT2D eigenvalue weighted by Gasteiger charge is 2.16. The highest BCUT2D eigenvalue weighted by atomic mass is 35.5. The van der Waals surface area contributed by atoms with E-state index in [9.17, 15) is 9.59 Å². The van der Waals surface area contributed by atoms with Crippen LogP contribution in [0, 0.1) is 0 Å². The molecular weight excluding hydrogens is 318 g/mol. The molecule has 1 aliphatic heterocycles. The van der Waals surface area contributed by atoms with Crippen LogP contribution < -0.4 is 16.0 Å². The Labute approximate surface area is 142 Å². The van der Waals surface area contributed by atoms with Crippen LogP contribution in [0.5, 0.6) is 0 Å². The molecule has 1 atom stereocenters. The van der Waals surface area contributed by atoms with Crippen LogP contribution >= 0.6 is 12.4 Å². The van der Waals surface area contributed by atoms with Gasteiger partial charge in [-0.2, -0.15) is 0 Å². The quantitative estimate of drug-likeness (QED) is 0.717.